The summed E-state index contributed by atoms with van der Waals surface area (Å²) in [6.45, 7) is 6.30. The Morgan fingerprint density at radius 2 is 2.11 bits per heavy atom. The maximum absolute atomic E-state index is 9.96. The van der Waals surface area contributed by atoms with Gasteiger partial charge in [-0.25, -0.2) is 4.57 Å². The number of hydrogen-bond donors (Lipinski definition) is 2. The van der Waals surface area contributed by atoms with E-state index in [2.05, 4.69) is 17.7 Å². The lowest BCUT2D eigenvalue weighted by molar-refractivity contribution is 0.248. The van der Waals surface area contributed by atoms with E-state index in [1.807, 2.05) is 0 Å². The third-order valence-corrected chi connectivity index (χ3v) is 0.936. The Hall–Kier alpha value is -0.570. The molecule has 0 saturated heterocycles. The quantitative estimate of drug-likeness (QED) is 0.354. The van der Waals surface area contributed by atoms with E-state index < -0.39 is 7.82 Å². The van der Waals surface area contributed by atoms with Gasteiger partial charge < -0.3 is 4.52 Å². The highest BCUT2D eigenvalue weighted by Gasteiger charge is 2.14. The second-order valence-corrected chi connectivity index (χ2v) is 2.42. The summed E-state index contributed by atoms with van der Waals surface area (Å²) in [6, 6.07) is 0. The number of hydrogen-bond acceptors (Lipinski definition) is 2. The number of phosphoric acid groups is 1. The van der Waals surface area contributed by atoms with E-state index in [0.717, 1.165) is 6.08 Å². The Morgan fingerprint density at radius 3 is 2.22 bits per heavy atom. The molecule has 0 aromatic heterocycles. The smallest absolute Gasteiger partial charge is 0.405 e. The molecule has 0 aliphatic heterocycles. The summed E-state index contributed by atoms with van der Waals surface area (Å²) in [4.78, 5) is 16.2. The second-order valence-electron chi connectivity index (χ2n) is 1.25. The highest BCUT2D eigenvalue weighted by Crippen LogP contribution is 2.38. The molecule has 0 aromatic rings. The van der Waals surface area contributed by atoms with Gasteiger partial charge in [0.25, 0.3) is 0 Å². The molecule has 0 unspecified atom stereocenters. The van der Waals surface area contributed by atoms with Gasteiger partial charge in [-0.3, -0.25) is 9.79 Å². The molecule has 2 N–H and O–H groups in total. The fourth-order valence-electron chi connectivity index (χ4n) is 0.190. The van der Waals surface area contributed by atoms with Gasteiger partial charge in [-0.1, -0.05) is 13.2 Å². The molecule has 0 heterocycles. The number of phosphoric ester groups is 1. The van der Waals surface area contributed by atoms with Gasteiger partial charge in [0.1, 0.15) is 5.76 Å². The monoisotopic (exact) mass is 150 g/mol. The Kier molecular flexibility index (Phi) is 2.65. The summed E-state index contributed by atoms with van der Waals surface area (Å²) in [5, 5.41) is 0. The van der Waals surface area contributed by atoms with E-state index in [1.54, 1.807) is 0 Å². The molecule has 0 aliphatic carbocycles. The van der Waals surface area contributed by atoms with Crippen LogP contribution in [-0.2, 0) is 9.09 Å². The lowest BCUT2D eigenvalue weighted by atomic mass is 10.6. The average Bonchev–Trinajstić information content (AvgIpc) is 1.62. The third-order valence-electron chi connectivity index (χ3n) is 0.464. The van der Waals surface area contributed by atoms with Crippen molar-refractivity contribution in [3.8, 4) is 0 Å². The first-order valence-electron chi connectivity index (χ1n) is 2.02. The van der Waals surface area contributed by atoms with Crippen LogP contribution in [0.25, 0.3) is 0 Å². The van der Waals surface area contributed by atoms with Crippen molar-refractivity contribution in [3.05, 3.63) is 25.0 Å². The minimum atomic E-state index is -4.41. The molecular formula is C4H7O4P. The van der Waals surface area contributed by atoms with Crippen LogP contribution in [0.2, 0.25) is 0 Å². The van der Waals surface area contributed by atoms with E-state index in [9.17, 15) is 4.57 Å². The van der Waals surface area contributed by atoms with Crippen LogP contribution < -0.4 is 0 Å². The second kappa shape index (κ2) is 2.82. The highest BCUT2D eigenvalue weighted by molar-refractivity contribution is 7.46. The van der Waals surface area contributed by atoms with Crippen molar-refractivity contribution in [1.82, 2.24) is 0 Å². The van der Waals surface area contributed by atoms with Crippen molar-refractivity contribution in [1.29, 1.82) is 0 Å². The lowest BCUT2D eigenvalue weighted by Crippen LogP contribution is -1.83. The number of rotatable bonds is 3. The first-order valence-corrected chi connectivity index (χ1v) is 3.55. The molecule has 0 spiro atoms. The SMILES string of the molecule is C=CC(=C)OP(=O)(O)O. The van der Waals surface area contributed by atoms with Crippen LogP contribution in [0.1, 0.15) is 0 Å². The Balaban J connectivity index is 3.89. The van der Waals surface area contributed by atoms with Crippen LogP contribution in [0, 0.1) is 0 Å². The Bertz CT molecular complexity index is 167. The van der Waals surface area contributed by atoms with Crippen molar-refractivity contribution in [2.45, 2.75) is 0 Å². The van der Waals surface area contributed by atoms with Gasteiger partial charge >= 0.3 is 7.82 Å². The zero-order valence-electron chi connectivity index (χ0n) is 4.65. The summed E-state index contributed by atoms with van der Waals surface area (Å²) in [7, 11) is -4.41. The Morgan fingerprint density at radius 1 is 1.67 bits per heavy atom. The van der Waals surface area contributed by atoms with E-state index in [4.69, 9.17) is 9.79 Å². The van der Waals surface area contributed by atoms with Crippen molar-refractivity contribution >= 4 is 7.82 Å². The summed E-state index contributed by atoms with van der Waals surface area (Å²) in [5.74, 6) is -0.136. The molecule has 0 radical (unpaired) electrons. The molecule has 9 heavy (non-hydrogen) atoms. The van der Waals surface area contributed by atoms with Crippen LogP contribution in [0.5, 0.6) is 0 Å². The molecule has 0 fully saturated rings. The van der Waals surface area contributed by atoms with Crippen LogP contribution in [-0.4, -0.2) is 9.79 Å². The normalized spacial score (nSPS) is 10.4. The fraction of sp³-hybridized carbons (Fsp3) is 0. The van der Waals surface area contributed by atoms with Gasteiger partial charge in [0.05, 0.1) is 0 Å². The van der Waals surface area contributed by atoms with Crippen LogP contribution in [0.4, 0.5) is 0 Å². The summed E-state index contributed by atoms with van der Waals surface area (Å²) in [5.41, 5.74) is 0. The van der Waals surface area contributed by atoms with Gasteiger partial charge in [-0.2, -0.15) is 0 Å². The van der Waals surface area contributed by atoms with Gasteiger partial charge in [0.2, 0.25) is 0 Å². The molecule has 0 rings (SSSR count). The molecule has 52 valence electrons. The van der Waals surface area contributed by atoms with E-state index >= 15 is 0 Å². The molecular weight excluding hydrogens is 143 g/mol. The van der Waals surface area contributed by atoms with Crippen LogP contribution in [0.15, 0.2) is 25.0 Å². The molecule has 0 saturated carbocycles. The zero-order chi connectivity index (χ0) is 7.49. The maximum atomic E-state index is 9.96. The van der Waals surface area contributed by atoms with Crippen LogP contribution in [0.3, 0.4) is 0 Å². The predicted octanol–water partition coefficient (Wildman–Crippen LogP) is 0.795. The molecule has 5 heteroatoms. The summed E-state index contributed by atoms with van der Waals surface area (Å²) in [6.07, 6.45) is 1.11. The highest BCUT2D eigenvalue weighted by atomic mass is 31.2. The van der Waals surface area contributed by atoms with Gasteiger partial charge in [-0.15, -0.1) is 0 Å². The van der Waals surface area contributed by atoms with E-state index in [0.29, 0.717) is 0 Å². The zero-order valence-corrected chi connectivity index (χ0v) is 5.54. The van der Waals surface area contributed by atoms with Crippen molar-refractivity contribution in [2.24, 2.45) is 0 Å². The molecule has 0 aliphatic rings. The maximum Gasteiger partial charge on any atom is 0.524 e. The first kappa shape index (κ1) is 8.43. The van der Waals surface area contributed by atoms with E-state index in [-0.39, 0.29) is 5.76 Å². The third kappa shape index (κ3) is 5.30. The first-order chi connectivity index (χ1) is 3.95. The standard InChI is InChI=1S/C4H7O4P/c1-3-4(2)8-9(5,6)7/h3H,1-2H2,(H2,5,6,7). The van der Waals surface area contributed by atoms with Crippen molar-refractivity contribution in [3.63, 3.8) is 0 Å². The van der Waals surface area contributed by atoms with Gasteiger partial charge in [0, 0.05) is 0 Å². The minimum Gasteiger partial charge on any atom is -0.405 e. The Labute approximate surface area is 52.7 Å². The van der Waals surface area contributed by atoms with Crippen LogP contribution >= 0.6 is 7.82 Å². The van der Waals surface area contributed by atoms with E-state index in [1.165, 1.54) is 0 Å². The largest absolute Gasteiger partial charge is 0.524 e. The van der Waals surface area contributed by atoms with Gasteiger partial charge in [-0.05, 0) is 6.08 Å². The predicted molar refractivity (Wildman–Crippen MR) is 32.5 cm³/mol. The molecule has 0 amide bonds. The lowest BCUT2D eigenvalue weighted by Gasteiger charge is -2.03. The number of allylic oxidation sites excluding steroid dienone is 1. The van der Waals surface area contributed by atoms with Gasteiger partial charge in [0.15, 0.2) is 0 Å². The van der Waals surface area contributed by atoms with Crippen molar-refractivity contribution < 1.29 is 18.9 Å². The molecule has 0 aromatic carbocycles. The van der Waals surface area contributed by atoms with Crippen molar-refractivity contribution in [2.75, 3.05) is 0 Å². The minimum absolute atomic E-state index is 0.136. The summed E-state index contributed by atoms with van der Waals surface area (Å²) < 4.78 is 13.9. The summed E-state index contributed by atoms with van der Waals surface area (Å²) >= 11 is 0. The topological polar surface area (TPSA) is 66.8 Å². The average molecular weight is 150 g/mol. The fourth-order valence-corrected chi connectivity index (χ4v) is 0.570. The molecule has 4 nitrogen and oxygen atoms in total. The molecule has 0 atom stereocenters. The molecule has 0 bridgehead atoms.